The van der Waals surface area contributed by atoms with Crippen molar-refractivity contribution in [1.29, 1.82) is 0 Å². The number of aromatic amines is 1. The van der Waals surface area contributed by atoms with Gasteiger partial charge in [-0.1, -0.05) is 71.7 Å². The van der Waals surface area contributed by atoms with Gasteiger partial charge < -0.3 is 14.8 Å². The molecule has 1 aromatic heterocycles. The van der Waals surface area contributed by atoms with Gasteiger partial charge in [0.15, 0.2) is 0 Å². The highest BCUT2D eigenvalue weighted by atomic mass is 35.5. The molecule has 5 nitrogen and oxygen atoms in total. The highest BCUT2D eigenvalue weighted by Gasteiger charge is 2.18. The van der Waals surface area contributed by atoms with Crippen molar-refractivity contribution in [2.75, 3.05) is 7.11 Å². The number of rotatable bonds is 6. The fourth-order valence-corrected chi connectivity index (χ4v) is 4.43. The number of carboxylic acids is 1. The highest BCUT2D eigenvalue weighted by Crippen LogP contribution is 2.35. The Kier molecular flexibility index (Phi) is 6.51. The number of ether oxygens (including phenoxy) is 1. The number of aliphatic carboxylic acids is 1. The van der Waals surface area contributed by atoms with Crippen LogP contribution in [0.1, 0.15) is 11.4 Å². The van der Waals surface area contributed by atoms with Crippen molar-refractivity contribution in [3.05, 3.63) is 106 Å². The number of nitrogens with zero attached hydrogens (tertiary/aromatic N) is 1. The first kappa shape index (κ1) is 23.7. The maximum absolute atomic E-state index is 12.4. The Morgan fingerprint density at radius 1 is 0.917 bits per heavy atom. The van der Waals surface area contributed by atoms with E-state index in [2.05, 4.69) is 4.98 Å². The van der Waals surface area contributed by atoms with Gasteiger partial charge in [0, 0.05) is 11.1 Å². The van der Waals surface area contributed by atoms with Gasteiger partial charge in [-0.25, -0.2) is 9.78 Å². The molecule has 0 bridgehead atoms. The number of H-pyrrole nitrogens is 1. The number of hydrogen-bond donors (Lipinski definition) is 2. The first-order chi connectivity index (χ1) is 17.4. The third-order valence-corrected chi connectivity index (χ3v) is 6.62. The van der Waals surface area contributed by atoms with Gasteiger partial charge in [-0.05, 0) is 58.8 Å². The summed E-state index contributed by atoms with van der Waals surface area (Å²) in [6.07, 6.45) is 1.55. The van der Waals surface area contributed by atoms with Crippen LogP contribution < -0.4 is 4.74 Å². The van der Waals surface area contributed by atoms with Crippen molar-refractivity contribution in [2.45, 2.75) is 0 Å². The second kappa shape index (κ2) is 9.90. The summed E-state index contributed by atoms with van der Waals surface area (Å²) in [5.74, 6) is 0.0654. The maximum atomic E-state index is 12.4. The van der Waals surface area contributed by atoms with E-state index in [4.69, 9.17) is 32.9 Å². The Morgan fingerprint density at radius 3 is 2.36 bits per heavy atom. The number of carbonyl (C=O) groups is 1. The molecular formula is C29H20Cl2N2O3. The smallest absolute Gasteiger partial charge is 0.336 e. The Balaban J connectivity index is 1.70. The van der Waals surface area contributed by atoms with E-state index in [1.165, 1.54) is 0 Å². The molecule has 7 heteroatoms. The average molecular weight is 515 g/mol. The molecule has 0 aliphatic rings. The summed E-state index contributed by atoms with van der Waals surface area (Å²) in [4.78, 5) is 20.4. The highest BCUT2D eigenvalue weighted by molar-refractivity contribution is 6.42. The zero-order valence-electron chi connectivity index (χ0n) is 19.1. The maximum Gasteiger partial charge on any atom is 0.336 e. The molecular weight excluding hydrogens is 495 g/mol. The van der Waals surface area contributed by atoms with E-state index in [0.29, 0.717) is 32.8 Å². The van der Waals surface area contributed by atoms with Crippen LogP contribution in [-0.4, -0.2) is 28.2 Å². The third kappa shape index (κ3) is 4.59. The summed E-state index contributed by atoms with van der Waals surface area (Å²) in [6, 6.07) is 26.1. The standard InChI is InChI=1S/C29H20Cl2N2O3/c1-36-20-12-9-18(10-13-20)27-28(19-11-14-24(30)25(31)15-19)33-26(32-27)16-23(29(34)35)22-8-4-6-17-5-2-3-7-21(17)22/h2-16H,1H3,(H,32,33)(H,34,35)/b23-16+. The minimum atomic E-state index is -1.05. The van der Waals surface area contributed by atoms with Crippen molar-refractivity contribution < 1.29 is 14.6 Å². The lowest BCUT2D eigenvalue weighted by Crippen LogP contribution is -2.01. The second-order valence-corrected chi connectivity index (χ2v) is 8.91. The van der Waals surface area contributed by atoms with Gasteiger partial charge in [0.25, 0.3) is 0 Å². The quantitative estimate of drug-likeness (QED) is 0.226. The Bertz CT molecular complexity index is 1620. The molecule has 2 N–H and O–H groups in total. The molecule has 1 heterocycles. The van der Waals surface area contributed by atoms with Crippen LogP contribution in [-0.2, 0) is 4.79 Å². The minimum absolute atomic E-state index is 0.127. The number of methoxy groups -OCH3 is 1. The molecule has 36 heavy (non-hydrogen) atoms. The first-order valence-electron chi connectivity index (χ1n) is 11.1. The SMILES string of the molecule is COc1ccc(-c2[nH]c(/C=C(/C(=O)O)c3cccc4ccccc34)nc2-c2ccc(Cl)c(Cl)c2)cc1. The lowest BCUT2D eigenvalue weighted by atomic mass is 9.98. The lowest BCUT2D eigenvalue weighted by molar-refractivity contribution is -0.130. The van der Waals surface area contributed by atoms with Gasteiger partial charge >= 0.3 is 5.97 Å². The molecule has 0 unspecified atom stereocenters. The van der Waals surface area contributed by atoms with Gasteiger partial charge in [-0.3, -0.25) is 0 Å². The fraction of sp³-hybridized carbons (Fsp3) is 0.0345. The van der Waals surface area contributed by atoms with Crippen molar-refractivity contribution in [1.82, 2.24) is 9.97 Å². The number of nitrogens with one attached hydrogen (secondary N) is 1. The molecule has 0 aliphatic carbocycles. The largest absolute Gasteiger partial charge is 0.497 e. The summed E-state index contributed by atoms with van der Waals surface area (Å²) in [5, 5.41) is 12.8. The predicted molar refractivity (Wildman–Crippen MR) is 145 cm³/mol. The Labute approximate surface area is 217 Å². The summed E-state index contributed by atoms with van der Waals surface area (Å²) in [5.41, 5.74) is 3.67. The molecule has 4 aromatic carbocycles. The average Bonchev–Trinajstić information content (AvgIpc) is 3.32. The fourth-order valence-electron chi connectivity index (χ4n) is 4.13. The molecule has 0 amide bonds. The van der Waals surface area contributed by atoms with Crippen LogP contribution in [0.5, 0.6) is 5.75 Å². The van der Waals surface area contributed by atoms with Crippen molar-refractivity contribution >= 4 is 51.6 Å². The zero-order valence-corrected chi connectivity index (χ0v) is 20.6. The number of aromatic nitrogens is 2. The molecule has 0 radical (unpaired) electrons. The number of benzene rings is 4. The Hall–Kier alpha value is -4.06. The van der Waals surface area contributed by atoms with Crippen LogP contribution in [0.15, 0.2) is 84.9 Å². The molecule has 0 saturated carbocycles. The molecule has 0 spiro atoms. The minimum Gasteiger partial charge on any atom is -0.497 e. The number of imidazole rings is 1. The summed E-state index contributed by atoms with van der Waals surface area (Å²) in [7, 11) is 1.61. The first-order valence-corrected chi connectivity index (χ1v) is 11.8. The van der Waals surface area contributed by atoms with Crippen LogP contribution in [0, 0.1) is 0 Å². The van der Waals surface area contributed by atoms with Gasteiger partial charge in [0.2, 0.25) is 0 Å². The molecule has 0 aliphatic heterocycles. The van der Waals surface area contributed by atoms with Gasteiger partial charge in [-0.2, -0.15) is 0 Å². The topological polar surface area (TPSA) is 75.2 Å². The second-order valence-electron chi connectivity index (χ2n) is 8.09. The predicted octanol–water partition coefficient (Wildman–Crippen LogP) is 7.84. The van der Waals surface area contributed by atoms with E-state index in [1.54, 1.807) is 31.4 Å². The number of carboxylic acid groups (broad SMARTS) is 1. The van der Waals surface area contributed by atoms with E-state index in [9.17, 15) is 9.90 Å². The Morgan fingerprint density at radius 2 is 1.64 bits per heavy atom. The third-order valence-electron chi connectivity index (χ3n) is 5.89. The van der Waals surface area contributed by atoms with E-state index in [0.717, 1.165) is 27.6 Å². The van der Waals surface area contributed by atoms with Crippen molar-refractivity contribution in [3.8, 4) is 28.3 Å². The van der Waals surface area contributed by atoms with Crippen LogP contribution in [0.25, 0.3) is 44.9 Å². The van der Waals surface area contributed by atoms with Crippen molar-refractivity contribution in [3.63, 3.8) is 0 Å². The van der Waals surface area contributed by atoms with Crippen LogP contribution in [0.2, 0.25) is 10.0 Å². The lowest BCUT2D eigenvalue weighted by Gasteiger charge is -2.07. The van der Waals surface area contributed by atoms with Gasteiger partial charge in [0.05, 0.1) is 34.1 Å². The monoisotopic (exact) mass is 514 g/mol. The normalized spacial score (nSPS) is 11.6. The van der Waals surface area contributed by atoms with Gasteiger partial charge in [0.1, 0.15) is 11.6 Å². The molecule has 0 atom stereocenters. The van der Waals surface area contributed by atoms with Crippen LogP contribution >= 0.6 is 23.2 Å². The molecule has 5 rings (SSSR count). The summed E-state index contributed by atoms with van der Waals surface area (Å²) in [6.45, 7) is 0. The number of halogens is 2. The number of fused-ring (bicyclic) bond motifs is 1. The zero-order chi connectivity index (χ0) is 25.2. The molecule has 178 valence electrons. The number of hydrogen-bond acceptors (Lipinski definition) is 3. The van der Waals surface area contributed by atoms with Gasteiger partial charge in [-0.15, -0.1) is 0 Å². The summed E-state index contributed by atoms with van der Waals surface area (Å²) < 4.78 is 5.28. The molecule has 5 aromatic rings. The van der Waals surface area contributed by atoms with E-state index < -0.39 is 5.97 Å². The van der Waals surface area contributed by atoms with Crippen molar-refractivity contribution in [2.24, 2.45) is 0 Å². The molecule has 0 saturated heterocycles. The van der Waals surface area contributed by atoms with E-state index >= 15 is 0 Å². The molecule has 0 fully saturated rings. The van der Waals surface area contributed by atoms with E-state index in [1.807, 2.05) is 66.7 Å². The van der Waals surface area contributed by atoms with Crippen LogP contribution in [0.3, 0.4) is 0 Å². The summed E-state index contributed by atoms with van der Waals surface area (Å²) >= 11 is 12.4. The van der Waals surface area contributed by atoms with E-state index in [-0.39, 0.29) is 5.57 Å². The van der Waals surface area contributed by atoms with Crippen LogP contribution in [0.4, 0.5) is 0 Å².